The molecule has 27 heavy (non-hydrogen) atoms. The molecule has 134 valence electrons. The highest BCUT2D eigenvalue weighted by molar-refractivity contribution is 6.30. The normalized spacial score (nSPS) is 20.9. The Kier molecular flexibility index (Phi) is 3.88. The fraction of sp³-hybridized carbons (Fsp3) is 0.0909. The van der Waals surface area contributed by atoms with Gasteiger partial charge in [0.15, 0.2) is 6.23 Å². The molecule has 0 saturated heterocycles. The molecule has 0 unspecified atom stereocenters. The Morgan fingerprint density at radius 3 is 2.44 bits per heavy atom. The number of hydrazine groups is 1. The number of rotatable bonds is 2. The Balaban J connectivity index is 1.57. The van der Waals surface area contributed by atoms with Crippen LogP contribution in [0.1, 0.15) is 29.0 Å². The summed E-state index contributed by atoms with van der Waals surface area (Å²) in [5, 5.41) is 2.76. The van der Waals surface area contributed by atoms with E-state index in [9.17, 15) is 4.39 Å². The summed E-state index contributed by atoms with van der Waals surface area (Å²) in [6, 6.07) is 22.2. The van der Waals surface area contributed by atoms with Crippen LogP contribution in [0.4, 0.5) is 4.39 Å². The van der Waals surface area contributed by atoms with E-state index < -0.39 is 0 Å². The zero-order valence-corrected chi connectivity index (χ0v) is 15.0. The summed E-state index contributed by atoms with van der Waals surface area (Å²) in [6.07, 6.45) is 1.84. The van der Waals surface area contributed by atoms with Crippen LogP contribution in [0, 0.1) is 5.82 Å². The minimum absolute atomic E-state index is 0.00989. The van der Waals surface area contributed by atoms with Crippen LogP contribution in [0.5, 0.6) is 5.75 Å². The number of nitrogens with zero attached hydrogens (tertiary/aromatic N) is 1. The van der Waals surface area contributed by atoms with Crippen LogP contribution in [0.15, 0.2) is 78.9 Å². The van der Waals surface area contributed by atoms with Gasteiger partial charge in [-0.25, -0.2) is 4.39 Å². The lowest BCUT2D eigenvalue weighted by Crippen LogP contribution is -2.43. The molecule has 2 heterocycles. The zero-order chi connectivity index (χ0) is 18.4. The first kappa shape index (κ1) is 16.4. The third-order valence-corrected chi connectivity index (χ3v) is 5.17. The van der Waals surface area contributed by atoms with Gasteiger partial charge in [0.25, 0.3) is 0 Å². The molecule has 0 saturated carbocycles. The van der Waals surface area contributed by atoms with Gasteiger partial charge in [0, 0.05) is 16.1 Å². The molecule has 0 fully saturated rings. The second-order valence-corrected chi connectivity index (χ2v) is 7.05. The molecule has 0 aliphatic carbocycles. The van der Waals surface area contributed by atoms with Gasteiger partial charge < -0.3 is 10.2 Å². The average Bonchev–Trinajstić information content (AvgIpc) is 3.14. The second kappa shape index (κ2) is 6.41. The zero-order valence-electron chi connectivity index (χ0n) is 14.3. The van der Waals surface area contributed by atoms with Crippen LogP contribution < -0.4 is 10.2 Å². The van der Waals surface area contributed by atoms with Gasteiger partial charge >= 0.3 is 0 Å². The van der Waals surface area contributed by atoms with Crippen LogP contribution in [-0.4, -0.2) is 5.01 Å². The number of hydrogen-bond donors (Lipinski definition) is 1. The van der Waals surface area contributed by atoms with Gasteiger partial charge in [-0.15, -0.1) is 0 Å². The standard InChI is InChI=1S/C22H16ClFN2O/c23-16-9-5-15(6-10-16)22-26-20(18-3-1-2-4-21(18)27-22)13-19(25-26)14-7-11-17(24)12-8-14/h1-13,20,22,25H/t20-,22+/m1/s1. The molecule has 3 nitrogen and oxygen atoms in total. The Labute approximate surface area is 161 Å². The predicted molar refractivity (Wildman–Crippen MR) is 103 cm³/mol. The summed E-state index contributed by atoms with van der Waals surface area (Å²) < 4.78 is 19.6. The quantitative estimate of drug-likeness (QED) is 0.639. The van der Waals surface area contributed by atoms with Crippen molar-refractivity contribution in [3.8, 4) is 5.75 Å². The van der Waals surface area contributed by atoms with Gasteiger partial charge in [-0.2, -0.15) is 5.01 Å². The van der Waals surface area contributed by atoms with Gasteiger partial charge in [0.1, 0.15) is 11.6 Å². The van der Waals surface area contributed by atoms with Crippen molar-refractivity contribution >= 4 is 17.3 Å². The average molecular weight is 379 g/mol. The first-order valence-electron chi connectivity index (χ1n) is 8.73. The summed E-state index contributed by atoms with van der Waals surface area (Å²) in [5.41, 5.74) is 7.40. The van der Waals surface area contributed by atoms with E-state index in [-0.39, 0.29) is 18.1 Å². The molecule has 0 bridgehead atoms. The van der Waals surface area contributed by atoms with Crippen LogP contribution in [-0.2, 0) is 0 Å². The third-order valence-electron chi connectivity index (χ3n) is 4.91. The van der Waals surface area contributed by atoms with Crippen molar-refractivity contribution in [2.24, 2.45) is 0 Å². The maximum Gasteiger partial charge on any atom is 0.195 e. The maximum atomic E-state index is 13.3. The van der Waals surface area contributed by atoms with E-state index in [2.05, 4.69) is 22.6 Å². The molecule has 2 aliphatic rings. The van der Waals surface area contributed by atoms with Crippen molar-refractivity contribution in [2.45, 2.75) is 12.3 Å². The number of para-hydroxylation sites is 1. The fourth-order valence-corrected chi connectivity index (χ4v) is 3.71. The van der Waals surface area contributed by atoms with Gasteiger partial charge in [0.2, 0.25) is 0 Å². The summed E-state index contributed by atoms with van der Waals surface area (Å²) in [7, 11) is 0. The van der Waals surface area contributed by atoms with Crippen LogP contribution in [0.2, 0.25) is 5.02 Å². The van der Waals surface area contributed by atoms with Gasteiger partial charge in [-0.1, -0.05) is 41.9 Å². The number of halogens is 2. The lowest BCUT2D eigenvalue weighted by atomic mass is 10.0. The molecule has 3 aromatic rings. The van der Waals surface area contributed by atoms with Crippen molar-refractivity contribution in [1.82, 2.24) is 10.4 Å². The molecule has 5 rings (SSSR count). The Hall–Kier alpha value is -2.82. The largest absolute Gasteiger partial charge is 0.469 e. The molecule has 2 atom stereocenters. The summed E-state index contributed by atoms with van der Waals surface area (Å²) in [5.74, 6) is 0.611. The first-order chi connectivity index (χ1) is 13.2. The topological polar surface area (TPSA) is 24.5 Å². The third kappa shape index (κ3) is 2.87. The van der Waals surface area contributed by atoms with Gasteiger partial charge in [0.05, 0.1) is 11.7 Å². The SMILES string of the molecule is Fc1ccc(C2=C[C@@H]3c4ccccc4O[C@@H](c4ccc(Cl)cc4)N3N2)cc1. The van der Waals surface area contributed by atoms with Crippen molar-refractivity contribution in [3.63, 3.8) is 0 Å². The molecule has 0 aromatic heterocycles. The lowest BCUT2D eigenvalue weighted by molar-refractivity contribution is -0.0326. The van der Waals surface area contributed by atoms with Crippen LogP contribution >= 0.6 is 11.6 Å². The molecule has 3 aromatic carbocycles. The molecular formula is C22H16ClFN2O. The van der Waals surface area contributed by atoms with Crippen LogP contribution in [0.3, 0.4) is 0 Å². The molecule has 1 N–H and O–H groups in total. The molecule has 0 spiro atoms. The lowest BCUT2D eigenvalue weighted by Gasteiger charge is -2.38. The minimum Gasteiger partial charge on any atom is -0.469 e. The summed E-state index contributed by atoms with van der Waals surface area (Å²) in [4.78, 5) is 0. The fourth-order valence-electron chi connectivity index (χ4n) is 3.58. The number of hydrogen-bond acceptors (Lipinski definition) is 3. The highest BCUT2D eigenvalue weighted by Gasteiger charge is 2.39. The van der Waals surface area contributed by atoms with E-state index in [4.69, 9.17) is 16.3 Å². The highest BCUT2D eigenvalue weighted by atomic mass is 35.5. The van der Waals surface area contributed by atoms with Crippen molar-refractivity contribution < 1.29 is 9.13 Å². The van der Waals surface area contributed by atoms with Gasteiger partial charge in [-0.05, 0) is 54.1 Å². The molecule has 0 radical (unpaired) electrons. The number of nitrogens with one attached hydrogen (secondary N) is 1. The molecule has 0 amide bonds. The summed E-state index contributed by atoms with van der Waals surface area (Å²) >= 11 is 6.05. The van der Waals surface area contributed by atoms with E-state index in [1.54, 1.807) is 12.1 Å². The van der Waals surface area contributed by atoms with E-state index in [0.717, 1.165) is 28.1 Å². The maximum absolute atomic E-state index is 13.3. The second-order valence-electron chi connectivity index (χ2n) is 6.61. The first-order valence-corrected chi connectivity index (χ1v) is 9.11. The highest BCUT2D eigenvalue weighted by Crippen LogP contribution is 2.45. The van der Waals surface area contributed by atoms with E-state index in [0.29, 0.717) is 5.02 Å². The van der Waals surface area contributed by atoms with Crippen molar-refractivity contribution in [1.29, 1.82) is 0 Å². The van der Waals surface area contributed by atoms with Crippen LogP contribution in [0.25, 0.3) is 5.70 Å². The van der Waals surface area contributed by atoms with Crippen molar-refractivity contribution in [2.75, 3.05) is 0 Å². The molecule has 2 aliphatic heterocycles. The Bertz CT molecular complexity index is 1020. The number of ether oxygens (including phenoxy) is 1. The summed E-state index contributed by atoms with van der Waals surface area (Å²) in [6.45, 7) is 0. The smallest absolute Gasteiger partial charge is 0.195 e. The van der Waals surface area contributed by atoms with E-state index in [1.165, 1.54) is 12.1 Å². The Morgan fingerprint density at radius 1 is 0.926 bits per heavy atom. The number of benzene rings is 3. The van der Waals surface area contributed by atoms with Crippen molar-refractivity contribution in [3.05, 3.63) is 106 Å². The Morgan fingerprint density at radius 2 is 1.67 bits per heavy atom. The number of fused-ring (bicyclic) bond motifs is 3. The van der Waals surface area contributed by atoms with E-state index >= 15 is 0 Å². The van der Waals surface area contributed by atoms with Gasteiger partial charge in [-0.3, -0.25) is 0 Å². The monoisotopic (exact) mass is 378 g/mol. The molecule has 5 heteroatoms. The predicted octanol–water partition coefficient (Wildman–Crippen LogP) is 5.47. The van der Waals surface area contributed by atoms with E-state index in [1.807, 2.05) is 42.5 Å². The molecular weight excluding hydrogens is 363 g/mol. The minimum atomic E-state index is -0.309.